The first kappa shape index (κ1) is 9.71. The molecule has 2 N–H and O–H groups in total. The normalized spacial score (nSPS) is 10.5. The van der Waals surface area contributed by atoms with Gasteiger partial charge in [-0.1, -0.05) is 20.4 Å². The van der Waals surface area contributed by atoms with Gasteiger partial charge in [0, 0.05) is 0 Å². The first-order valence-corrected chi connectivity index (χ1v) is 4.30. The van der Waals surface area contributed by atoms with Gasteiger partial charge in [0.25, 0.3) is 0 Å². The van der Waals surface area contributed by atoms with Crippen molar-refractivity contribution in [3.05, 3.63) is 24.3 Å². The third-order valence-electron chi connectivity index (χ3n) is 2.08. The van der Waals surface area contributed by atoms with Crippen molar-refractivity contribution in [1.29, 1.82) is 0 Å². The Kier molecular flexibility index (Phi) is 2.66. The maximum Gasteiger partial charge on any atom is 0.116 e. The summed E-state index contributed by atoms with van der Waals surface area (Å²) in [5.41, 5.74) is 9.03. The van der Waals surface area contributed by atoms with E-state index in [2.05, 4.69) is 30.4 Å². The standard InChI is InChI=1S/C10H15N3/c1-6(2)7(3)10-9(11)8(4)12-5-13-10/h5-6H,3,11H2,1-2,4H3. The quantitative estimate of drug-likeness (QED) is 0.752. The Labute approximate surface area is 78.7 Å². The second kappa shape index (κ2) is 3.56. The molecule has 13 heavy (non-hydrogen) atoms. The van der Waals surface area contributed by atoms with Crippen LogP contribution in [-0.4, -0.2) is 9.97 Å². The molecule has 1 heterocycles. The van der Waals surface area contributed by atoms with E-state index >= 15 is 0 Å². The van der Waals surface area contributed by atoms with Crippen LogP contribution in [0.1, 0.15) is 25.2 Å². The molecular weight excluding hydrogens is 162 g/mol. The van der Waals surface area contributed by atoms with Crippen molar-refractivity contribution >= 4 is 11.3 Å². The average molecular weight is 177 g/mol. The lowest BCUT2D eigenvalue weighted by Crippen LogP contribution is -2.04. The molecule has 1 aromatic heterocycles. The third kappa shape index (κ3) is 1.86. The molecule has 0 atom stereocenters. The van der Waals surface area contributed by atoms with Gasteiger partial charge in [-0.3, -0.25) is 0 Å². The second-order valence-electron chi connectivity index (χ2n) is 3.40. The predicted octanol–water partition coefficient (Wildman–Crippen LogP) is 2.04. The molecule has 0 aliphatic heterocycles. The van der Waals surface area contributed by atoms with Crippen LogP contribution < -0.4 is 5.73 Å². The van der Waals surface area contributed by atoms with Crippen LogP contribution in [0.5, 0.6) is 0 Å². The Hall–Kier alpha value is -1.38. The van der Waals surface area contributed by atoms with E-state index in [1.807, 2.05) is 6.92 Å². The molecule has 0 bridgehead atoms. The molecule has 0 saturated carbocycles. The van der Waals surface area contributed by atoms with Gasteiger partial charge in [0.2, 0.25) is 0 Å². The Bertz CT molecular complexity index is 329. The minimum Gasteiger partial charge on any atom is -0.395 e. The Morgan fingerprint density at radius 2 is 2.08 bits per heavy atom. The summed E-state index contributed by atoms with van der Waals surface area (Å²) >= 11 is 0. The predicted molar refractivity (Wildman–Crippen MR) is 55.1 cm³/mol. The lowest BCUT2D eigenvalue weighted by atomic mass is 10.0. The van der Waals surface area contributed by atoms with Gasteiger partial charge in [0.1, 0.15) is 6.33 Å². The number of aromatic nitrogens is 2. The fourth-order valence-electron chi connectivity index (χ4n) is 1.01. The SMILES string of the molecule is C=C(c1ncnc(C)c1N)C(C)C. The second-order valence-corrected chi connectivity index (χ2v) is 3.40. The van der Waals surface area contributed by atoms with Crippen molar-refractivity contribution in [3.63, 3.8) is 0 Å². The number of allylic oxidation sites excluding steroid dienone is 1. The number of nitrogens with zero attached hydrogens (tertiary/aromatic N) is 2. The zero-order valence-electron chi connectivity index (χ0n) is 8.33. The fraction of sp³-hybridized carbons (Fsp3) is 0.400. The molecule has 0 aliphatic carbocycles. The van der Waals surface area contributed by atoms with E-state index in [1.54, 1.807) is 0 Å². The minimum atomic E-state index is 0.358. The molecule has 1 rings (SSSR count). The highest BCUT2D eigenvalue weighted by molar-refractivity contribution is 5.72. The van der Waals surface area contributed by atoms with E-state index in [1.165, 1.54) is 6.33 Å². The molecule has 0 amide bonds. The first-order chi connectivity index (χ1) is 6.04. The van der Waals surface area contributed by atoms with E-state index in [9.17, 15) is 0 Å². The molecule has 1 aromatic rings. The molecule has 0 radical (unpaired) electrons. The molecular formula is C10H15N3. The van der Waals surface area contributed by atoms with Crippen LogP contribution >= 0.6 is 0 Å². The molecule has 70 valence electrons. The monoisotopic (exact) mass is 177 g/mol. The van der Waals surface area contributed by atoms with Crippen LogP contribution in [0.4, 0.5) is 5.69 Å². The van der Waals surface area contributed by atoms with Gasteiger partial charge in [0.15, 0.2) is 0 Å². The summed E-state index contributed by atoms with van der Waals surface area (Å²) in [5.74, 6) is 0.358. The van der Waals surface area contributed by atoms with Crippen molar-refractivity contribution in [2.45, 2.75) is 20.8 Å². The van der Waals surface area contributed by atoms with Crippen LogP contribution in [0.2, 0.25) is 0 Å². The van der Waals surface area contributed by atoms with Gasteiger partial charge in [-0.15, -0.1) is 0 Å². The largest absolute Gasteiger partial charge is 0.395 e. The molecule has 0 spiro atoms. The van der Waals surface area contributed by atoms with Gasteiger partial charge in [0.05, 0.1) is 17.1 Å². The first-order valence-electron chi connectivity index (χ1n) is 4.30. The van der Waals surface area contributed by atoms with Crippen LogP contribution in [0.3, 0.4) is 0 Å². The summed E-state index contributed by atoms with van der Waals surface area (Å²) in [4.78, 5) is 8.13. The molecule has 0 saturated heterocycles. The fourth-order valence-corrected chi connectivity index (χ4v) is 1.01. The number of nitrogens with two attached hydrogens (primary N) is 1. The number of rotatable bonds is 2. The van der Waals surface area contributed by atoms with Crippen LogP contribution in [0.15, 0.2) is 12.9 Å². The summed E-state index contributed by atoms with van der Waals surface area (Å²) in [6.07, 6.45) is 1.52. The topological polar surface area (TPSA) is 51.8 Å². The number of hydrogen-bond donors (Lipinski definition) is 1. The van der Waals surface area contributed by atoms with E-state index < -0.39 is 0 Å². The van der Waals surface area contributed by atoms with Gasteiger partial charge in [-0.25, -0.2) is 9.97 Å². The number of anilines is 1. The van der Waals surface area contributed by atoms with Crippen molar-refractivity contribution in [1.82, 2.24) is 9.97 Å². The molecule has 0 aliphatic rings. The zero-order valence-corrected chi connectivity index (χ0v) is 8.33. The number of nitrogen functional groups attached to an aromatic ring is 1. The van der Waals surface area contributed by atoms with E-state index in [-0.39, 0.29) is 0 Å². The van der Waals surface area contributed by atoms with E-state index in [4.69, 9.17) is 5.73 Å². The summed E-state index contributed by atoms with van der Waals surface area (Å²) in [7, 11) is 0. The van der Waals surface area contributed by atoms with Crippen molar-refractivity contribution < 1.29 is 0 Å². The average Bonchev–Trinajstić information content (AvgIpc) is 2.08. The molecule has 3 heteroatoms. The lowest BCUT2D eigenvalue weighted by Gasteiger charge is -2.11. The lowest BCUT2D eigenvalue weighted by molar-refractivity contribution is 0.849. The van der Waals surface area contributed by atoms with Crippen molar-refractivity contribution in [2.75, 3.05) is 5.73 Å². The minimum absolute atomic E-state index is 0.358. The third-order valence-corrected chi connectivity index (χ3v) is 2.08. The van der Waals surface area contributed by atoms with Gasteiger partial charge in [-0.05, 0) is 18.4 Å². The molecule has 0 fully saturated rings. The highest BCUT2D eigenvalue weighted by Gasteiger charge is 2.10. The smallest absolute Gasteiger partial charge is 0.116 e. The summed E-state index contributed by atoms with van der Waals surface area (Å²) in [5, 5.41) is 0. The van der Waals surface area contributed by atoms with Crippen LogP contribution in [0.25, 0.3) is 5.57 Å². The van der Waals surface area contributed by atoms with E-state index in [0.717, 1.165) is 17.0 Å². The van der Waals surface area contributed by atoms with Gasteiger partial charge >= 0.3 is 0 Å². The summed E-state index contributed by atoms with van der Waals surface area (Å²) in [6.45, 7) is 9.96. The summed E-state index contributed by atoms with van der Waals surface area (Å²) < 4.78 is 0. The van der Waals surface area contributed by atoms with E-state index in [0.29, 0.717) is 11.6 Å². The van der Waals surface area contributed by atoms with Crippen LogP contribution in [0, 0.1) is 12.8 Å². The Morgan fingerprint density at radius 3 is 2.62 bits per heavy atom. The van der Waals surface area contributed by atoms with Crippen molar-refractivity contribution in [3.8, 4) is 0 Å². The molecule has 3 nitrogen and oxygen atoms in total. The maximum atomic E-state index is 5.84. The zero-order chi connectivity index (χ0) is 10.0. The Balaban J connectivity index is 3.15. The highest BCUT2D eigenvalue weighted by atomic mass is 14.9. The number of hydrogen-bond acceptors (Lipinski definition) is 3. The number of aryl methyl sites for hydroxylation is 1. The van der Waals surface area contributed by atoms with Crippen LogP contribution in [-0.2, 0) is 0 Å². The Morgan fingerprint density at radius 1 is 1.46 bits per heavy atom. The van der Waals surface area contributed by atoms with Gasteiger partial charge in [-0.2, -0.15) is 0 Å². The highest BCUT2D eigenvalue weighted by Crippen LogP contribution is 2.24. The molecule has 0 aromatic carbocycles. The maximum absolute atomic E-state index is 5.84. The van der Waals surface area contributed by atoms with Gasteiger partial charge < -0.3 is 5.73 Å². The molecule has 0 unspecified atom stereocenters. The van der Waals surface area contributed by atoms with Crippen molar-refractivity contribution in [2.24, 2.45) is 5.92 Å². The summed E-state index contributed by atoms with van der Waals surface area (Å²) in [6, 6.07) is 0.